The van der Waals surface area contributed by atoms with E-state index in [9.17, 15) is 13.8 Å². The van der Waals surface area contributed by atoms with Crippen molar-refractivity contribution in [3.63, 3.8) is 0 Å². The molecule has 2 aliphatic heterocycles. The third-order valence-electron chi connectivity index (χ3n) is 3.93. The molecule has 0 saturated heterocycles. The summed E-state index contributed by atoms with van der Waals surface area (Å²) in [5.41, 5.74) is 1.93. The Hall–Kier alpha value is -1.93. The second-order valence-electron chi connectivity index (χ2n) is 6.89. The lowest BCUT2D eigenvalue weighted by molar-refractivity contribution is 0.0702. The second kappa shape index (κ2) is 7.00. The Labute approximate surface area is 162 Å². The molecule has 8 heteroatoms. The van der Waals surface area contributed by atoms with E-state index < -0.39 is 15.7 Å². The fourth-order valence-electron chi connectivity index (χ4n) is 2.53. The maximum Gasteiger partial charge on any atom is 0.265 e. The molecule has 0 aliphatic carbocycles. The minimum absolute atomic E-state index is 0.178. The first-order chi connectivity index (χ1) is 12.2. The topological polar surface area (TPSA) is 79.2 Å². The van der Waals surface area contributed by atoms with E-state index in [0.29, 0.717) is 22.5 Å². The minimum Gasteiger partial charge on any atom is -0.280 e. The summed E-state index contributed by atoms with van der Waals surface area (Å²) in [6.45, 7) is 5.70. The SMILES string of the molecule is CC(C)(C)S(=O)N=CC1=NCC(N2C(=O)c3ccccc3C2=O)=CC1Br. The van der Waals surface area contributed by atoms with Gasteiger partial charge in [-0.15, -0.1) is 0 Å². The van der Waals surface area contributed by atoms with Gasteiger partial charge in [0.1, 0.15) is 11.0 Å². The van der Waals surface area contributed by atoms with Gasteiger partial charge in [-0.3, -0.25) is 14.6 Å². The van der Waals surface area contributed by atoms with E-state index in [4.69, 9.17) is 0 Å². The van der Waals surface area contributed by atoms with Crippen LogP contribution in [0, 0.1) is 0 Å². The van der Waals surface area contributed by atoms with Crippen molar-refractivity contribution in [2.45, 2.75) is 30.3 Å². The van der Waals surface area contributed by atoms with Gasteiger partial charge in [0.15, 0.2) is 0 Å². The Kier molecular flexibility index (Phi) is 5.07. The Morgan fingerprint density at radius 3 is 2.31 bits per heavy atom. The van der Waals surface area contributed by atoms with Gasteiger partial charge in [0, 0.05) is 5.70 Å². The van der Waals surface area contributed by atoms with Crippen LogP contribution in [-0.4, -0.2) is 49.0 Å². The Morgan fingerprint density at radius 2 is 1.81 bits per heavy atom. The largest absolute Gasteiger partial charge is 0.280 e. The Morgan fingerprint density at radius 1 is 1.23 bits per heavy atom. The number of fused-ring (bicyclic) bond motifs is 1. The lowest BCUT2D eigenvalue weighted by Crippen LogP contribution is -2.34. The number of amides is 2. The summed E-state index contributed by atoms with van der Waals surface area (Å²) < 4.78 is 15.6. The normalized spacial score (nSPS) is 21.7. The van der Waals surface area contributed by atoms with Gasteiger partial charge in [0.05, 0.1) is 39.2 Å². The third kappa shape index (κ3) is 3.48. The monoisotopic (exact) mass is 435 g/mol. The number of imide groups is 1. The second-order valence-corrected chi connectivity index (χ2v) is 9.81. The average molecular weight is 436 g/mol. The van der Waals surface area contributed by atoms with Crippen molar-refractivity contribution in [2.75, 3.05) is 6.54 Å². The molecule has 0 bridgehead atoms. The van der Waals surface area contributed by atoms with Crippen molar-refractivity contribution in [1.82, 2.24) is 4.90 Å². The first-order valence-electron chi connectivity index (χ1n) is 8.03. The molecular weight excluding hydrogens is 418 g/mol. The van der Waals surface area contributed by atoms with Crippen LogP contribution in [-0.2, 0) is 11.0 Å². The molecule has 2 unspecified atom stereocenters. The highest BCUT2D eigenvalue weighted by atomic mass is 79.9. The molecule has 0 N–H and O–H groups in total. The summed E-state index contributed by atoms with van der Waals surface area (Å²) in [5, 5.41) is 0. The quantitative estimate of drug-likeness (QED) is 0.415. The molecule has 1 aromatic carbocycles. The van der Waals surface area contributed by atoms with E-state index in [1.165, 1.54) is 11.1 Å². The average Bonchev–Trinajstić information content (AvgIpc) is 2.84. The number of halogens is 1. The summed E-state index contributed by atoms with van der Waals surface area (Å²) in [6.07, 6.45) is 3.24. The number of dihydropyridines is 1. The van der Waals surface area contributed by atoms with Crippen LogP contribution in [0.5, 0.6) is 0 Å². The highest BCUT2D eigenvalue weighted by Gasteiger charge is 2.38. The predicted octanol–water partition coefficient (Wildman–Crippen LogP) is 2.92. The maximum atomic E-state index is 12.6. The summed E-state index contributed by atoms with van der Waals surface area (Å²) >= 11 is 3.47. The number of aliphatic imine (C=N–C) groups is 1. The van der Waals surface area contributed by atoms with E-state index >= 15 is 0 Å². The van der Waals surface area contributed by atoms with Gasteiger partial charge < -0.3 is 0 Å². The number of hydrogen-bond donors (Lipinski definition) is 0. The molecule has 0 saturated carbocycles. The van der Waals surface area contributed by atoms with E-state index in [0.717, 1.165) is 0 Å². The number of benzene rings is 1. The third-order valence-corrected chi connectivity index (χ3v) is 6.01. The number of alkyl halides is 1. The van der Waals surface area contributed by atoms with Crippen molar-refractivity contribution in [2.24, 2.45) is 9.39 Å². The lowest BCUT2D eigenvalue weighted by atomic mass is 10.1. The van der Waals surface area contributed by atoms with Gasteiger partial charge in [0.2, 0.25) is 0 Å². The number of nitrogens with zero attached hydrogens (tertiary/aromatic N) is 3. The van der Waals surface area contributed by atoms with Gasteiger partial charge in [-0.25, -0.2) is 9.11 Å². The summed E-state index contributed by atoms with van der Waals surface area (Å²) in [4.78, 5) is 30.3. The van der Waals surface area contributed by atoms with Gasteiger partial charge >= 0.3 is 0 Å². The van der Waals surface area contributed by atoms with Crippen LogP contribution in [0.4, 0.5) is 0 Å². The van der Waals surface area contributed by atoms with E-state index in [2.05, 4.69) is 25.3 Å². The van der Waals surface area contributed by atoms with Gasteiger partial charge in [0.25, 0.3) is 11.8 Å². The molecule has 136 valence electrons. The molecule has 6 nitrogen and oxygen atoms in total. The molecule has 0 radical (unpaired) electrons. The van der Waals surface area contributed by atoms with Crippen LogP contribution in [0.1, 0.15) is 41.5 Å². The highest BCUT2D eigenvalue weighted by Crippen LogP contribution is 2.28. The number of carbonyl (C=O) groups excluding carboxylic acids is 2. The fourth-order valence-corrected chi connectivity index (χ4v) is 3.62. The van der Waals surface area contributed by atoms with Crippen molar-refractivity contribution in [1.29, 1.82) is 0 Å². The van der Waals surface area contributed by atoms with Crippen molar-refractivity contribution in [3.8, 4) is 0 Å². The van der Waals surface area contributed by atoms with Gasteiger partial charge in [-0.05, 0) is 39.0 Å². The molecule has 2 aliphatic rings. The zero-order valence-corrected chi connectivity index (χ0v) is 17.0. The smallest absolute Gasteiger partial charge is 0.265 e. The molecule has 2 amide bonds. The molecule has 2 heterocycles. The van der Waals surface area contributed by atoms with Crippen molar-refractivity contribution >= 4 is 50.7 Å². The number of allylic oxidation sites excluding steroid dienone is 1. The Bertz CT molecular complexity index is 864. The van der Waals surface area contributed by atoms with E-state index in [1.54, 1.807) is 30.3 Å². The first kappa shape index (κ1) is 18.8. The highest BCUT2D eigenvalue weighted by molar-refractivity contribution is 9.10. The number of carbonyl (C=O) groups is 2. The van der Waals surface area contributed by atoms with Crippen LogP contribution < -0.4 is 0 Å². The van der Waals surface area contributed by atoms with Crippen molar-refractivity contribution in [3.05, 3.63) is 47.2 Å². The Balaban J connectivity index is 1.79. The molecule has 2 atom stereocenters. The minimum atomic E-state index is -1.37. The van der Waals surface area contributed by atoms with Crippen LogP contribution in [0.3, 0.4) is 0 Å². The van der Waals surface area contributed by atoms with Crippen LogP contribution >= 0.6 is 15.9 Å². The maximum absolute atomic E-state index is 12.6. The lowest BCUT2D eigenvalue weighted by Gasteiger charge is -2.22. The summed E-state index contributed by atoms with van der Waals surface area (Å²) in [5.74, 6) is -0.671. The van der Waals surface area contributed by atoms with Crippen LogP contribution in [0.25, 0.3) is 0 Å². The summed E-state index contributed by atoms with van der Waals surface area (Å²) in [7, 11) is -1.37. The molecule has 0 fully saturated rings. The number of hydrogen-bond acceptors (Lipinski definition) is 4. The van der Waals surface area contributed by atoms with Gasteiger partial charge in [-0.2, -0.15) is 4.40 Å². The standard InChI is InChI=1S/C18H18BrN3O3S/c1-18(2,3)26(25)21-10-15-14(19)8-11(9-20-15)22-16(23)12-6-4-5-7-13(12)17(22)24/h4-8,10,14H,9H2,1-3H3. The molecule has 3 rings (SSSR count). The fraction of sp³-hybridized carbons (Fsp3) is 0.333. The summed E-state index contributed by atoms with van der Waals surface area (Å²) in [6, 6.07) is 6.76. The van der Waals surface area contributed by atoms with E-state index in [1.807, 2.05) is 20.8 Å². The first-order valence-corrected chi connectivity index (χ1v) is 10.1. The molecule has 0 spiro atoms. The predicted molar refractivity (Wildman–Crippen MR) is 106 cm³/mol. The van der Waals surface area contributed by atoms with Crippen LogP contribution in [0.15, 0.2) is 45.4 Å². The number of rotatable bonds is 3. The molecule has 26 heavy (non-hydrogen) atoms. The molecule has 0 aromatic heterocycles. The zero-order valence-electron chi connectivity index (χ0n) is 14.6. The van der Waals surface area contributed by atoms with E-state index in [-0.39, 0.29) is 23.2 Å². The van der Waals surface area contributed by atoms with Gasteiger partial charge in [-0.1, -0.05) is 28.1 Å². The zero-order chi connectivity index (χ0) is 19.1. The molecular formula is C18H18BrN3O3S. The van der Waals surface area contributed by atoms with Crippen LogP contribution in [0.2, 0.25) is 0 Å². The van der Waals surface area contributed by atoms with Crippen molar-refractivity contribution < 1.29 is 13.8 Å². The molecule has 1 aromatic rings.